The Balaban J connectivity index is 1.52. The highest BCUT2D eigenvalue weighted by atomic mass is 16.1. The molecule has 3 aromatic rings. The molecule has 0 radical (unpaired) electrons. The number of aryl methyl sites for hydroxylation is 1. The minimum atomic E-state index is -0.117. The molecule has 1 aromatic heterocycles. The van der Waals surface area contributed by atoms with Crippen molar-refractivity contribution >= 4 is 11.6 Å². The summed E-state index contributed by atoms with van der Waals surface area (Å²) >= 11 is 0. The summed E-state index contributed by atoms with van der Waals surface area (Å²) in [6.45, 7) is 1.95. The third-order valence-corrected chi connectivity index (χ3v) is 5.80. The number of hydrogen-bond donors (Lipinski definition) is 2. The predicted molar refractivity (Wildman–Crippen MR) is 115 cm³/mol. The van der Waals surface area contributed by atoms with Crippen LogP contribution in [-0.4, -0.2) is 34.0 Å². The molecule has 4 rings (SSSR count). The molecule has 1 heterocycles. The van der Waals surface area contributed by atoms with Crippen molar-refractivity contribution in [3.8, 4) is 11.3 Å². The Bertz CT molecular complexity index is 974. The van der Waals surface area contributed by atoms with Crippen LogP contribution in [0.3, 0.4) is 0 Å². The third kappa shape index (κ3) is 4.38. The molecule has 6 heteroatoms. The fourth-order valence-corrected chi connectivity index (χ4v) is 3.96. The van der Waals surface area contributed by atoms with Crippen molar-refractivity contribution in [1.82, 2.24) is 20.3 Å². The lowest BCUT2D eigenvalue weighted by atomic mass is 9.91. The first kappa shape index (κ1) is 19.3. The van der Waals surface area contributed by atoms with Gasteiger partial charge in [0.05, 0.1) is 12.2 Å². The van der Waals surface area contributed by atoms with E-state index in [9.17, 15) is 4.79 Å². The number of hydrogen-bond acceptors (Lipinski definition) is 4. The van der Waals surface area contributed by atoms with Crippen LogP contribution in [0.25, 0.3) is 11.3 Å². The molecule has 2 N–H and O–H groups in total. The SMILES string of the molecule is CNC1CCC(n2cc(-c3ccc(C)c(C(=O)Nc4ccccc4)c3)nn2)CC1. The van der Waals surface area contributed by atoms with E-state index >= 15 is 0 Å². The number of aromatic nitrogens is 3. The maximum atomic E-state index is 12.8. The minimum Gasteiger partial charge on any atom is -0.322 e. The second kappa shape index (κ2) is 8.57. The number of nitrogens with zero attached hydrogens (tertiary/aromatic N) is 3. The fourth-order valence-electron chi connectivity index (χ4n) is 3.96. The van der Waals surface area contributed by atoms with E-state index in [4.69, 9.17) is 0 Å². The molecule has 29 heavy (non-hydrogen) atoms. The molecule has 1 amide bonds. The average molecular weight is 390 g/mol. The molecule has 6 nitrogen and oxygen atoms in total. The van der Waals surface area contributed by atoms with Crippen molar-refractivity contribution in [2.24, 2.45) is 0 Å². The zero-order valence-electron chi connectivity index (χ0n) is 16.9. The number of benzene rings is 2. The summed E-state index contributed by atoms with van der Waals surface area (Å²) in [5, 5.41) is 15.1. The van der Waals surface area contributed by atoms with Crippen LogP contribution in [0.1, 0.15) is 47.6 Å². The maximum Gasteiger partial charge on any atom is 0.255 e. The van der Waals surface area contributed by atoms with Crippen LogP contribution in [0.5, 0.6) is 0 Å². The van der Waals surface area contributed by atoms with E-state index in [0.717, 1.165) is 48.2 Å². The normalized spacial score (nSPS) is 19.1. The Morgan fingerprint density at radius 3 is 2.55 bits per heavy atom. The Labute approximate surface area is 171 Å². The van der Waals surface area contributed by atoms with Gasteiger partial charge in [0.2, 0.25) is 0 Å². The predicted octanol–water partition coefficient (Wildman–Crippen LogP) is 4.21. The van der Waals surface area contributed by atoms with Crippen molar-refractivity contribution in [3.63, 3.8) is 0 Å². The molecule has 0 aliphatic heterocycles. The first-order valence-electron chi connectivity index (χ1n) is 10.2. The van der Waals surface area contributed by atoms with E-state index < -0.39 is 0 Å². The van der Waals surface area contributed by atoms with Crippen molar-refractivity contribution in [1.29, 1.82) is 0 Å². The molecular weight excluding hydrogens is 362 g/mol. The van der Waals surface area contributed by atoms with Gasteiger partial charge in [0.25, 0.3) is 5.91 Å². The minimum absolute atomic E-state index is 0.117. The molecule has 0 unspecified atom stereocenters. The van der Waals surface area contributed by atoms with Gasteiger partial charge in [-0.15, -0.1) is 5.10 Å². The molecule has 0 spiro atoms. The summed E-state index contributed by atoms with van der Waals surface area (Å²) in [6, 6.07) is 16.4. The molecule has 0 bridgehead atoms. The van der Waals surface area contributed by atoms with E-state index in [-0.39, 0.29) is 5.91 Å². The number of anilines is 1. The number of carbonyl (C=O) groups excluding carboxylic acids is 1. The smallest absolute Gasteiger partial charge is 0.255 e. The highest BCUT2D eigenvalue weighted by molar-refractivity contribution is 6.05. The molecule has 1 aliphatic carbocycles. The summed E-state index contributed by atoms with van der Waals surface area (Å²) in [5.74, 6) is -0.117. The molecule has 2 aromatic carbocycles. The van der Waals surface area contributed by atoms with Gasteiger partial charge in [-0.25, -0.2) is 4.68 Å². The Hall–Kier alpha value is -2.99. The highest BCUT2D eigenvalue weighted by Gasteiger charge is 2.22. The molecule has 1 fully saturated rings. The first-order chi connectivity index (χ1) is 14.1. The zero-order valence-corrected chi connectivity index (χ0v) is 16.9. The zero-order chi connectivity index (χ0) is 20.2. The number of rotatable bonds is 5. The number of carbonyl (C=O) groups is 1. The van der Waals surface area contributed by atoms with Gasteiger partial charge in [-0.05, 0) is 63.4 Å². The van der Waals surface area contributed by atoms with Crippen LogP contribution < -0.4 is 10.6 Å². The largest absolute Gasteiger partial charge is 0.322 e. The van der Waals surface area contributed by atoms with E-state index in [1.807, 2.05) is 73.4 Å². The monoisotopic (exact) mass is 389 g/mol. The average Bonchev–Trinajstić information content (AvgIpc) is 3.25. The van der Waals surface area contributed by atoms with E-state index in [2.05, 4.69) is 20.9 Å². The van der Waals surface area contributed by atoms with Gasteiger partial charge in [-0.3, -0.25) is 4.79 Å². The molecule has 1 aliphatic rings. The second-order valence-electron chi connectivity index (χ2n) is 7.73. The van der Waals surface area contributed by atoms with Crippen LogP contribution in [0.4, 0.5) is 5.69 Å². The molecule has 150 valence electrons. The molecular formula is C23H27N5O. The lowest BCUT2D eigenvalue weighted by Gasteiger charge is -2.27. The van der Waals surface area contributed by atoms with Gasteiger partial charge in [0.1, 0.15) is 5.69 Å². The van der Waals surface area contributed by atoms with Crippen LogP contribution in [-0.2, 0) is 0 Å². The lowest BCUT2D eigenvalue weighted by Crippen LogP contribution is -2.31. The van der Waals surface area contributed by atoms with E-state index in [0.29, 0.717) is 17.6 Å². The van der Waals surface area contributed by atoms with Crippen LogP contribution in [0.15, 0.2) is 54.7 Å². The number of nitrogens with one attached hydrogen (secondary N) is 2. The van der Waals surface area contributed by atoms with Gasteiger partial charge in [0, 0.05) is 22.9 Å². The fraction of sp³-hybridized carbons (Fsp3) is 0.348. The van der Waals surface area contributed by atoms with E-state index in [1.54, 1.807) is 0 Å². The van der Waals surface area contributed by atoms with Gasteiger partial charge < -0.3 is 10.6 Å². The summed E-state index contributed by atoms with van der Waals surface area (Å²) in [7, 11) is 2.03. The Kier molecular flexibility index (Phi) is 5.71. The summed E-state index contributed by atoms with van der Waals surface area (Å²) in [4.78, 5) is 12.8. The molecule has 1 saturated carbocycles. The van der Waals surface area contributed by atoms with Crippen molar-refractivity contribution in [2.75, 3.05) is 12.4 Å². The van der Waals surface area contributed by atoms with Crippen molar-refractivity contribution in [3.05, 3.63) is 65.9 Å². The topological polar surface area (TPSA) is 71.8 Å². The quantitative estimate of drug-likeness (QED) is 0.686. The third-order valence-electron chi connectivity index (χ3n) is 5.80. The summed E-state index contributed by atoms with van der Waals surface area (Å²) in [6.07, 6.45) is 6.53. The van der Waals surface area contributed by atoms with Crippen LogP contribution in [0.2, 0.25) is 0 Å². The number of para-hydroxylation sites is 1. The molecule has 0 saturated heterocycles. The summed E-state index contributed by atoms with van der Waals surface area (Å²) < 4.78 is 1.99. The lowest BCUT2D eigenvalue weighted by molar-refractivity contribution is 0.102. The highest BCUT2D eigenvalue weighted by Crippen LogP contribution is 2.29. The Morgan fingerprint density at radius 1 is 1.07 bits per heavy atom. The first-order valence-corrected chi connectivity index (χ1v) is 10.2. The van der Waals surface area contributed by atoms with Crippen LogP contribution >= 0.6 is 0 Å². The maximum absolute atomic E-state index is 12.8. The Morgan fingerprint density at radius 2 is 1.83 bits per heavy atom. The van der Waals surface area contributed by atoms with Crippen molar-refractivity contribution < 1.29 is 4.79 Å². The standard InChI is InChI=1S/C23H27N5O/c1-16-8-9-17(14-21(16)23(29)25-19-6-4-3-5-7-19)22-15-28(27-26-22)20-12-10-18(24-2)11-13-20/h3-9,14-15,18,20,24H,10-13H2,1-2H3,(H,25,29). The summed E-state index contributed by atoms with van der Waals surface area (Å²) in [5.41, 5.74) is 4.07. The second-order valence-corrected chi connectivity index (χ2v) is 7.73. The van der Waals surface area contributed by atoms with Gasteiger partial charge >= 0.3 is 0 Å². The molecule has 0 atom stereocenters. The van der Waals surface area contributed by atoms with Gasteiger partial charge in [-0.1, -0.05) is 35.5 Å². The van der Waals surface area contributed by atoms with E-state index in [1.165, 1.54) is 0 Å². The van der Waals surface area contributed by atoms with Crippen LogP contribution in [0, 0.1) is 6.92 Å². The number of amides is 1. The van der Waals surface area contributed by atoms with Gasteiger partial charge in [0.15, 0.2) is 0 Å². The van der Waals surface area contributed by atoms with Crippen molar-refractivity contribution in [2.45, 2.75) is 44.7 Å². The van der Waals surface area contributed by atoms with Gasteiger partial charge in [-0.2, -0.15) is 0 Å².